The van der Waals surface area contributed by atoms with Gasteiger partial charge in [-0.15, -0.1) is 11.3 Å². The number of amides is 2. The van der Waals surface area contributed by atoms with E-state index in [0.717, 1.165) is 24.3 Å². The number of nitrogen functional groups attached to an aromatic ring is 1. The third-order valence-corrected chi connectivity index (χ3v) is 5.44. The average Bonchev–Trinajstić information content (AvgIpc) is 3.14. The van der Waals surface area contributed by atoms with Crippen molar-refractivity contribution in [2.45, 2.75) is 6.18 Å². The lowest BCUT2D eigenvalue weighted by Crippen LogP contribution is -2.32. The molecule has 0 radical (unpaired) electrons. The minimum Gasteiger partial charge on any atom is -0.383 e. The van der Waals surface area contributed by atoms with Crippen LogP contribution in [0.5, 0.6) is 0 Å². The summed E-state index contributed by atoms with van der Waals surface area (Å²) in [6.45, 7) is 0. The first-order chi connectivity index (χ1) is 14.7. The van der Waals surface area contributed by atoms with Crippen molar-refractivity contribution in [3.8, 4) is 11.1 Å². The van der Waals surface area contributed by atoms with Crippen molar-refractivity contribution < 1.29 is 22.4 Å². The fourth-order valence-electron chi connectivity index (χ4n) is 3.17. The zero-order valence-corrected chi connectivity index (χ0v) is 16.3. The van der Waals surface area contributed by atoms with Crippen molar-refractivity contribution in [1.82, 2.24) is 9.97 Å². The van der Waals surface area contributed by atoms with Crippen molar-refractivity contribution in [3.05, 3.63) is 65.6 Å². The Morgan fingerprint density at radius 3 is 2.55 bits per heavy atom. The summed E-state index contributed by atoms with van der Waals surface area (Å²) in [5, 5.41) is 2.30. The number of halogens is 4. The first kappa shape index (κ1) is 20.5. The topological polar surface area (TPSA) is 98.1 Å². The van der Waals surface area contributed by atoms with Crippen molar-refractivity contribution in [2.24, 2.45) is 5.73 Å². The van der Waals surface area contributed by atoms with Crippen molar-refractivity contribution in [2.75, 3.05) is 10.6 Å². The van der Waals surface area contributed by atoms with E-state index in [4.69, 9.17) is 11.5 Å². The van der Waals surface area contributed by atoms with E-state index in [1.54, 1.807) is 5.38 Å². The van der Waals surface area contributed by atoms with Gasteiger partial charge >= 0.3 is 12.2 Å². The van der Waals surface area contributed by atoms with Crippen LogP contribution in [0.3, 0.4) is 0 Å². The number of fused-ring (bicyclic) bond motifs is 1. The van der Waals surface area contributed by atoms with Gasteiger partial charge in [0.1, 0.15) is 22.8 Å². The van der Waals surface area contributed by atoms with Crippen molar-refractivity contribution in [3.63, 3.8) is 0 Å². The van der Waals surface area contributed by atoms with E-state index in [1.807, 2.05) is 0 Å². The summed E-state index contributed by atoms with van der Waals surface area (Å²) in [6.07, 6.45) is -3.31. The normalized spacial score (nSPS) is 11.6. The van der Waals surface area contributed by atoms with Gasteiger partial charge in [-0.05, 0) is 35.9 Å². The largest absolute Gasteiger partial charge is 0.416 e. The molecule has 0 aliphatic carbocycles. The molecule has 0 unspecified atom stereocenters. The van der Waals surface area contributed by atoms with E-state index in [2.05, 4.69) is 9.97 Å². The number of primary amides is 1. The van der Waals surface area contributed by atoms with Crippen molar-refractivity contribution >= 4 is 44.8 Å². The summed E-state index contributed by atoms with van der Waals surface area (Å²) in [4.78, 5) is 21.4. The Kier molecular flexibility index (Phi) is 4.97. The van der Waals surface area contributed by atoms with Crippen LogP contribution in [-0.2, 0) is 6.18 Å². The molecule has 2 heterocycles. The Labute approximate surface area is 176 Å². The molecule has 0 spiro atoms. The lowest BCUT2D eigenvalue weighted by Gasteiger charge is -2.22. The minimum absolute atomic E-state index is 0.215. The maximum Gasteiger partial charge on any atom is 0.416 e. The van der Waals surface area contributed by atoms with Crippen LogP contribution < -0.4 is 16.4 Å². The summed E-state index contributed by atoms with van der Waals surface area (Å²) in [5.74, 6) is -0.628. The molecule has 0 aliphatic rings. The molecule has 2 aromatic carbocycles. The Morgan fingerprint density at radius 2 is 1.87 bits per heavy atom. The molecule has 0 saturated carbocycles. The molecule has 4 rings (SSSR count). The van der Waals surface area contributed by atoms with E-state index in [-0.39, 0.29) is 17.2 Å². The second-order valence-electron chi connectivity index (χ2n) is 6.48. The van der Waals surface area contributed by atoms with Gasteiger partial charge in [-0.3, -0.25) is 4.90 Å². The van der Waals surface area contributed by atoms with Crippen LogP contribution in [0.1, 0.15) is 5.56 Å². The van der Waals surface area contributed by atoms with Crippen LogP contribution in [0.15, 0.2) is 54.2 Å². The van der Waals surface area contributed by atoms with E-state index < -0.39 is 23.6 Å². The van der Waals surface area contributed by atoms with Gasteiger partial charge in [-0.1, -0.05) is 12.1 Å². The summed E-state index contributed by atoms with van der Waals surface area (Å²) in [5.41, 5.74) is 10.8. The molecule has 0 bridgehead atoms. The molecular formula is C20H13F4N5OS. The number of nitrogens with zero attached hydrogens (tertiary/aromatic N) is 3. The third kappa shape index (κ3) is 3.75. The van der Waals surface area contributed by atoms with Crippen LogP contribution in [0.2, 0.25) is 0 Å². The SMILES string of the molecule is NC(=O)N(c1cccc(C(F)(F)F)c1)c1ccc(-c2csc3ncnc(N)c23)cc1F. The standard InChI is InChI=1S/C20H13F4N5OS/c21-14-6-10(13-8-31-18-16(13)17(25)27-9-28-18)4-5-15(14)29(19(26)30)12-3-1-2-11(7-12)20(22,23)24/h1-9H,(H2,26,30)(H2,25,27,28). The lowest BCUT2D eigenvalue weighted by molar-refractivity contribution is -0.137. The second kappa shape index (κ2) is 7.51. The molecule has 4 N–H and O–H groups in total. The second-order valence-corrected chi connectivity index (χ2v) is 7.33. The molecule has 4 aromatic rings. The van der Waals surface area contributed by atoms with Crippen LogP contribution in [0.4, 0.5) is 39.5 Å². The predicted molar refractivity (Wildman–Crippen MR) is 110 cm³/mol. The van der Waals surface area contributed by atoms with Crippen molar-refractivity contribution in [1.29, 1.82) is 0 Å². The molecule has 31 heavy (non-hydrogen) atoms. The number of anilines is 3. The smallest absolute Gasteiger partial charge is 0.383 e. The van der Waals surface area contributed by atoms with Crippen LogP contribution in [0.25, 0.3) is 21.3 Å². The third-order valence-electron chi connectivity index (χ3n) is 4.55. The number of carbonyl (C=O) groups excluding carboxylic acids is 1. The molecule has 2 aromatic heterocycles. The Balaban J connectivity index is 1.80. The highest BCUT2D eigenvalue weighted by Gasteiger charge is 2.31. The number of thiophene rings is 1. The zero-order chi connectivity index (χ0) is 22.3. The number of nitrogens with two attached hydrogens (primary N) is 2. The summed E-state index contributed by atoms with van der Waals surface area (Å²) in [7, 11) is 0. The Morgan fingerprint density at radius 1 is 1.10 bits per heavy atom. The molecule has 0 aliphatic heterocycles. The summed E-state index contributed by atoms with van der Waals surface area (Å²) in [6, 6.07) is 6.70. The van der Waals surface area contributed by atoms with Gasteiger partial charge in [0.2, 0.25) is 0 Å². The minimum atomic E-state index is -4.64. The van der Waals surface area contributed by atoms with Gasteiger partial charge in [0.05, 0.1) is 22.3 Å². The number of rotatable bonds is 3. The highest BCUT2D eigenvalue weighted by atomic mass is 32.1. The van der Waals surface area contributed by atoms with Gasteiger partial charge in [0, 0.05) is 10.9 Å². The van der Waals surface area contributed by atoms with Gasteiger partial charge in [0.15, 0.2) is 0 Å². The molecular weight excluding hydrogens is 434 g/mol. The molecule has 0 fully saturated rings. The maximum absolute atomic E-state index is 15.0. The Bertz CT molecular complexity index is 1300. The molecule has 158 valence electrons. The number of hydrogen-bond donors (Lipinski definition) is 2. The highest BCUT2D eigenvalue weighted by Crippen LogP contribution is 2.39. The van der Waals surface area contributed by atoms with E-state index >= 15 is 4.39 Å². The van der Waals surface area contributed by atoms with Crippen LogP contribution in [-0.4, -0.2) is 16.0 Å². The monoisotopic (exact) mass is 447 g/mol. The number of aromatic nitrogens is 2. The molecule has 0 saturated heterocycles. The number of benzene rings is 2. The zero-order valence-electron chi connectivity index (χ0n) is 15.5. The van der Waals surface area contributed by atoms with E-state index in [1.165, 1.54) is 35.9 Å². The molecule has 6 nitrogen and oxygen atoms in total. The highest BCUT2D eigenvalue weighted by molar-refractivity contribution is 7.17. The van der Waals surface area contributed by atoms with E-state index in [0.29, 0.717) is 26.2 Å². The van der Waals surface area contributed by atoms with E-state index in [9.17, 15) is 18.0 Å². The lowest BCUT2D eigenvalue weighted by atomic mass is 10.0. The predicted octanol–water partition coefficient (Wildman–Crippen LogP) is 5.32. The maximum atomic E-state index is 15.0. The fraction of sp³-hybridized carbons (Fsp3) is 0.0500. The van der Waals surface area contributed by atoms with Crippen LogP contribution >= 0.6 is 11.3 Å². The quantitative estimate of drug-likeness (QED) is 0.416. The van der Waals surface area contributed by atoms with Gasteiger partial charge in [-0.2, -0.15) is 13.2 Å². The number of alkyl halides is 3. The van der Waals surface area contributed by atoms with Crippen LogP contribution in [0, 0.1) is 5.82 Å². The number of urea groups is 1. The molecule has 2 amide bonds. The fourth-order valence-corrected chi connectivity index (χ4v) is 4.10. The molecule has 11 heteroatoms. The average molecular weight is 447 g/mol. The van der Waals surface area contributed by atoms with Gasteiger partial charge in [-0.25, -0.2) is 19.2 Å². The molecule has 0 atom stereocenters. The first-order valence-electron chi connectivity index (χ1n) is 8.71. The summed E-state index contributed by atoms with van der Waals surface area (Å²) >= 11 is 1.30. The number of hydrogen-bond acceptors (Lipinski definition) is 5. The number of carbonyl (C=O) groups is 1. The first-order valence-corrected chi connectivity index (χ1v) is 9.59. The van der Waals surface area contributed by atoms with Gasteiger partial charge < -0.3 is 11.5 Å². The van der Waals surface area contributed by atoms with Gasteiger partial charge in [0.25, 0.3) is 0 Å². The Hall–Kier alpha value is -3.73. The summed E-state index contributed by atoms with van der Waals surface area (Å²) < 4.78 is 54.2.